The van der Waals surface area contributed by atoms with Crippen LogP contribution in [0.25, 0.3) is 0 Å². The van der Waals surface area contributed by atoms with Crippen LogP contribution in [-0.2, 0) is 0 Å². The predicted octanol–water partition coefficient (Wildman–Crippen LogP) is 4.45. The van der Waals surface area contributed by atoms with Crippen LogP contribution in [0.2, 0.25) is 0 Å². The molecule has 1 unspecified atom stereocenters. The van der Waals surface area contributed by atoms with E-state index in [9.17, 15) is 10.1 Å². The van der Waals surface area contributed by atoms with Crippen molar-refractivity contribution in [2.45, 2.75) is 27.2 Å². The number of hydrogen-bond acceptors (Lipinski definition) is 7. The van der Waals surface area contributed by atoms with E-state index in [1.807, 2.05) is 17.8 Å². The average Bonchev–Trinajstić information content (AvgIpc) is 2.83. The van der Waals surface area contributed by atoms with E-state index < -0.39 is 4.92 Å². The van der Waals surface area contributed by atoms with Crippen molar-refractivity contribution in [1.29, 1.82) is 0 Å². The molecule has 1 fully saturated rings. The Hall–Kier alpha value is -2.72. The zero-order chi connectivity index (χ0) is 25.1. The van der Waals surface area contributed by atoms with Crippen LogP contribution in [0.3, 0.4) is 0 Å². The number of benzene rings is 1. The zero-order valence-corrected chi connectivity index (χ0v) is 21.6. The summed E-state index contributed by atoms with van der Waals surface area (Å²) in [5.74, 6) is 2.42. The third-order valence-corrected chi connectivity index (χ3v) is 8.06. The van der Waals surface area contributed by atoms with Crippen molar-refractivity contribution >= 4 is 29.0 Å². The minimum atomic E-state index is -0.391. The Balaban J connectivity index is 1.51. The lowest BCUT2D eigenvalue weighted by Gasteiger charge is -2.48. The highest BCUT2D eigenvalue weighted by Crippen LogP contribution is 2.49. The number of nitro groups is 1. The monoisotopic (exact) mass is 497 g/mol. The number of rotatable bonds is 7. The van der Waals surface area contributed by atoms with Crippen LogP contribution < -0.4 is 10.6 Å². The van der Waals surface area contributed by atoms with Crippen LogP contribution >= 0.6 is 11.8 Å². The first-order valence-corrected chi connectivity index (χ1v) is 13.3. The summed E-state index contributed by atoms with van der Waals surface area (Å²) in [5.41, 5.74) is 8.82. The van der Waals surface area contributed by atoms with Gasteiger partial charge >= 0.3 is 0 Å². The second-order valence-electron chi connectivity index (χ2n) is 10.3. The maximum Gasteiger partial charge on any atom is 0.272 e. The van der Waals surface area contributed by atoms with Crippen molar-refractivity contribution in [2.75, 3.05) is 55.7 Å². The third kappa shape index (κ3) is 5.92. The van der Waals surface area contributed by atoms with Crippen molar-refractivity contribution in [3.8, 4) is 0 Å². The summed E-state index contributed by atoms with van der Waals surface area (Å²) in [6.45, 7) is 11.8. The van der Waals surface area contributed by atoms with Gasteiger partial charge in [-0.3, -0.25) is 15.0 Å². The molecular formula is C25H35N7O2S. The lowest BCUT2D eigenvalue weighted by Crippen LogP contribution is -2.46. The summed E-state index contributed by atoms with van der Waals surface area (Å²) in [5, 5.41) is 23.7. The molecule has 0 saturated carbocycles. The van der Waals surface area contributed by atoms with Gasteiger partial charge in [-0.25, -0.2) is 0 Å². The normalized spacial score (nSPS) is 24.9. The Morgan fingerprint density at radius 3 is 2.74 bits per heavy atom. The fraction of sp³-hybridized carbons (Fsp3) is 0.560. The SMILES string of the molecule is CC1(C)C=CCC2(C)CN(c3cc(/C(N)=N/N=NCCN4CCSCC4)cc([N+](=O)[O-])c3)CC=C12. The highest BCUT2D eigenvalue weighted by atomic mass is 32.2. The van der Waals surface area contributed by atoms with Gasteiger partial charge in [0.1, 0.15) is 0 Å². The predicted molar refractivity (Wildman–Crippen MR) is 143 cm³/mol. The molecule has 4 rings (SSSR count). The van der Waals surface area contributed by atoms with Crippen LogP contribution in [0.4, 0.5) is 11.4 Å². The summed E-state index contributed by atoms with van der Waals surface area (Å²) in [4.78, 5) is 15.8. The first-order valence-electron chi connectivity index (χ1n) is 12.1. The Bertz CT molecular complexity index is 1080. The van der Waals surface area contributed by atoms with Gasteiger partial charge in [0.05, 0.1) is 11.5 Å². The van der Waals surface area contributed by atoms with E-state index in [2.05, 4.69) is 64.2 Å². The molecule has 1 aliphatic carbocycles. The van der Waals surface area contributed by atoms with Gasteiger partial charge in [0, 0.05) is 78.4 Å². The van der Waals surface area contributed by atoms with Crippen molar-refractivity contribution in [2.24, 2.45) is 32.0 Å². The molecule has 0 spiro atoms. The molecule has 1 aromatic rings. The minimum absolute atomic E-state index is 0.0145. The molecule has 9 nitrogen and oxygen atoms in total. The van der Waals surface area contributed by atoms with Crippen LogP contribution in [0.5, 0.6) is 0 Å². The number of nitro benzene ring substituents is 1. The summed E-state index contributed by atoms with van der Waals surface area (Å²) in [6.07, 6.45) is 7.75. The van der Waals surface area contributed by atoms with Crippen LogP contribution in [0, 0.1) is 20.9 Å². The van der Waals surface area contributed by atoms with Crippen molar-refractivity contribution in [3.05, 3.63) is 57.7 Å². The second-order valence-corrected chi connectivity index (χ2v) is 11.5. The molecule has 0 amide bonds. The topological polar surface area (TPSA) is 113 Å². The van der Waals surface area contributed by atoms with Gasteiger partial charge in [0.15, 0.2) is 5.84 Å². The van der Waals surface area contributed by atoms with Gasteiger partial charge < -0.3 is 10.6 Å². The molecule has 2 aliphatic heterocycles. The van der Waals surface area contributed by atoms with E-state index in [-0.39, 0.29) is 22.4 Å². The van der Waals surface area contributed by atoms with E-state index in [1.54, 1.807) is 6.07 Å². The number of thioether (sulfide) groups is 1. The summed E-state index contributed by atoms with van der Waals surface area (Å²) < 4.78 is 0. The number of nitrogens with zero attached hydrogens (tertiary/aromatic N) is 6. The fourth-order valence-corrected chi connectivity index (χ4v) is 6.34. The molecule has 1 atom stereocenters. The number of allylic oxidation sites excluding steroid dienone is 2. The Kier molecular flexibility index (Phi) is 7.61. The first kappa shape index (κ1) is 25.4. The number of non-ortho nitro benzene ring substituents is 1. The molecule has 0 aromatic heterocycles. The molecule has 3 aliphatic rings. The molecule has 0 radical (unpaired) electrons. The maximum absolute atomic E-state index is 11.7. The van der Waals surface area contributed by atoms with Crippen LogP contribution in [-0.4, -0.2) is 66.4 Å². The van der Waals surface area contributed by atoms with Crippen molar-refractivity contribution < 1.29 is 4.92 Å². The van der Waals surface area contributed by atoms with Gasteiger partial charge in [-0.1, -0.05) is 44.6 Å². The summed E-state index contributed by atoms with van der Waals surface area (Å²) in [7, 11) is 0. The Morgan fingerprint density at radius 1 is 1.23 bits per heavy atom. The summed E-state index contributed by atoms with van der Waals surface area (Å²) in [6, 6.07) is 4.92. The first-order chi connectivity index (χ1) is 16.7. The van der Waals surface area contributed by atoms with E-state index in [1.165, 1.54) is 11.6 Å². The van der Waals surface area contributed by atoms with Crippen molar-refractivity contribution in [1.82, 2.24) is 4.90 Å². The zero-order valence-electron chi connectivity index (χ0n) is 20.8. The van der Waals surface area contributed by atoms with E-state index in [0.29, 0.717) is 18.7 Å². The lowest BCUT2D eigenvalue weighted by molar-refractivity contribution is -0.384. The largest absolute Gasteiger partial charge is 0.382 e. The summed E-state index contributed by atoms with van der Waals surface area (Å²) >= 11 is 1.97. The third-order valence-electron chi connectivity index (χ3n) is 7.11. The van der Waals surface area contributed by atoms with Crippen LogP contribution in [0.1, 0.15) is 32.8 Å². The molecule has 2 N–H and O–H groups in total. The van der Waals surface area contributed by atoms with Gasteiger partial charge in [0.2, 0.25) is 0 Å². The van der Waals surface area contributed by atoms with Gasteiger partial charge in [-0.15, -0.1) is 5.10 Å². The fourth-order valence-electron chi connectivity index (χ4n) is 5.36. The molecule has 1 saturated heterocycles. The number of hydrogen-bond donors (Lipinski definition) is 1. The molecule has 188 valence electrons. The smallest absolute Gasteiger partial charge is 0.272 e. The van der Waals surface area contributed by atoms with Crippen LogP contribution in [0.15, 0.2) is 57.4 Å². The highest BCUT2D eigenvalue weighted by molar-refractivity contribution is 7.99. The number of nitrogens with two attached hydrogens (primary N) is 1. The molecule has 1 aromatic carbocycles. The lowest BCUT2D eigenvalue weighted by atomic mass is 9.62. The molecular weight excluding hydrogens is 462 g/mol. The quantitative estimate of drug-likeness (QED) is 0.149. The Labute approximate surface area is 211 Å². The van der Waals surface area contributed by atoms with E-state index in [4.69, 9.17) is 5.73 Å². The maximum atomic E-state index is 11.7. The Morgan fingerprint density at radius 2 is 2.00 bits per heavy atom. The van der Waals surface area contributed by atoms with Gasteiger partial charge in [-0.05, 0) is 17.7 Å². The number of amidine groups is 1. The van der Waals surface area contributed by atoms with Gasteiger partial charge in [0.25, 0.3) is 5.69 Å². The average molecular weight is 498 g/mol. The molecule has 35 heavy (non-hydrogen) atoms. The van der Waals surface area contributed by atoms with Crippen molar-refractivity contribution in [3.63, 3.8) is 0 Å². The standard InChI is InChI=1S/C25H35N7O2S/c1-24(2)6-4-7-25(3)18-31(9-5-22(24)25)20-15-19(16-21(17-20)32(33)34)23(26)28-29-27-8-10-30-11-13-35-14-12-30/h4-6,15-17H,7-14,18H2,1-3H3,(H2,26,27,28). The van der Waals surface area contributed by atoms with E-state index in [0.717, 1.165) is 49.8 Å². The minimum Gasteiger partial charge on any atom is -0.382 e. The highest BCUT2D eigenvalue weighted by Gasteiger charge is 2.42. The molecule has 2 heterocycles. The number of fused-ring (bicyclic) bond motifs is 1. The van der Waals surface area contributed by atoms with Gasteiger partial charge in [-0.2, -0.15) is 16.9 Å². The van der Waals surface area contributed by atoms with E-state index >= 15 is 0 Å². The molecule has 10 heteroatoms. The second kappa shape index (κ2) is 10.5. The number of anilines is 1. The molecule has 0 bridgehead atoms.